The lowest BCUT2D eigenvalue weighted by Gasteiger charge is -2.28. The van der Waals surface area contributed by atoms with Gasteiger partial charge in [-0.2, -0.15) is 5.10 Å². The number of rotatable bonds is 4. The molecule has 0 aliphatic carbocycles. The highest BCUT2D eigenvalue weighted by Crippen LogP contribution is 2.32. The van der Waals surface area contributed by atoms with Crippen LogP contribution < -0.4 is 15.1 Å². The van der Waals surface area contributed by atoms with E-state index in [2.05, 4.69) is 15.5 Å². The number of likely N-dealkylation sites (N-methyl/N-ethyl adjacent to an activating group) is 1. The topological polar surface area (TPSA) is 66.8 Å². The van der Waals surface area contributed by atoms with Gasteiger partial charge in [-0.15, -0.1) is 11.3 Å². The normalized spacial score (nSPS) is 14.1. The van der Waals surface area contributed by atoms with Gasteiger partial charge in [0.2, 0.25) is 5.13 Å². The number of carbonyl (C=O) groups is 1. The van der Waals surface area contributed by atoms with Crippen LogP contribution in [0.1, 0.15) is 18.2 Å². The van der Waals surface area contributed by atoms with Gasteiger partial charge in [-0.25, -0.2) is 4.98 Å². The maximum absolute atomic E-state index is 11.8. The molecule has 1 aromatic carbocycles. The number of aryl methyl sites for hydroxylation is 1. The molecule has 0 saturated carbocycles. The first-order chi connectivity index (χ1) is 10.7. The van der Waals surface area contributed by atoms with E-state index in [1.165, 1.54) is 11.3 Å². The molecule has 1 aromatic heterocycles. The van der Waals surface area contributed by atoms with E-state index in [4.69, 9.17) is 4.74 Å². The Labute approximate surface area is 132 Å². The second kappa shape index (κ2) is 6.15. The minimum atomic E-state index is -0.0273. The lowest BCUT2D eigenvalue weighted by atomic mass is 10.1. The van der Waals surface area contributed by atoms with Crippen LogP contribution in [0, 0.1) is 6.92 Å². The van der Waals surface area contributed by atoms with E-state index >= 15 is 0 Å². The Morgan fingerprint density at radius 3 is 3.14 bits per heavy atom. The van der Waals surface area contributed by atoms with E-state index in [0.29, 0.717) is 6.54 Å². The van der Waals surface area contributed by atoms with Gasteiger partial charge in [0, 0.05) is 11.9 Å². The predicted molar refractivity (Wildman–Crippen MR) is 88.0 cm³/mol. The zero-order valence-corrected chi connectivity index (χ0v) is 13.2. The third-order valence-electron chi connectivity index (χ3n) is 3.24. The molecule has 22 heavy (non-hydrogen) atoms. The van der Waals surface area contributed by atoms with Gasteiger partial charge in [0.1, 0.15) is 5.75 Å². The molecule has 0 atom stereocenters. The third-order valence-corrected chi connectivity index (χ3v) is 4.10. The molecule has 0 radical (unpaired) electrons. The quantitative estimate of drug-likeness (QED) is 0.695. The van der Waals surface area contributed by atoms with E-state index < -0.39 is 0 Å². The molecule has 6 nitrogen and oxygen atoms in total. The Kier molecular flexibility index (Phi) is 4.06. The van der Waals surface area contributed by atoms with E-state index in [-0.39, 0.29) is 12.5 Å². The number of nitrogens with one attached hydrogen (secondary N) is 1. The summed E-state index contributed by atoms with van der Waals surface area (Å²) in [7, 11) is 0. The number of anilines is 2. The van der Waals surface area contributed by atoms with Gasteiger partial charge in [0.05, 0.1) is 17.6 Å². The fraction of sp³-hybridized carbons (Fsp3) is 0.267. The molecule has 114 valence electrons. The zero-order chi connectivity index (χ0) is 15.5. The van der Waals surface area contributed by atoms with Crippen LogP contribution in [0.4, 0.5) is 10.8 Å². The lowest BCUT2D eigenvalue weighted by Crippen LogP contribution is -2.38. The van der Waals surface area contributed by atoms with E-state index in [0.717, 1.165) is 27.8 Å². The Balaban J connectivity index is 1.78. The number of ether oxygens (including phenoxy) is 1. The highest BCUT2D eigenvalue weighted by molar-refractivity contribution is 7.13. The second-order valence-corrected chi connectivity index (χ2v) is 5.68. The molecular formula is C15H16N4O2S. The number of fused-ring (bicyclic) bond motifs is 1. The van der Waals surface area contributed by atoms with Gasteiger partial charge < -0.3 is 9.64 Å². The largest absolute Gasteiger partial charge is 0.482 e. The van der Waals surface area contributed by atoms with Crippen molar-refractivity contribution in [1.29, 1.82) is 0 Å². The molecule has 2 heterocycles. The molecule has 2 aromatic rings. The van der Waals surface area contributed by atoms with Crippen molar-refractivity contribution in [2.45, 2.75) is 13.8 Å². The van der Waals surface area contributed by atoms with Crippen molar-refractivity contribution in [3.05, 3.63) is 34.8 Å². The number of amides is 1. The van der Waals surface area contributed by atoms with Crippen molar-refractivity contribution in [2.75, 3.05) is 23.5 Å². The van der Waals surface area contributed by atoms with Crippen molar-refractivity contribution < 1.29 is 9.53 Å². The summed E-state index contributed by atoms with van der Waals surface area (Å²) in [4.78, 5) is 17.8. The number of benzene rings is 1. The van der Waals surface area contributed by atoms with Gasteiger partial charge in [-0.3, -0.25) is 10.2 Å². The summed E-state index contributed by atoms with van der Waals surface area (Å²) in [6.45, 7) is 4.59. The highest BCUT2D eigenvalue weighted by atomic mass is 32.1. The predicted octanol–water partition coefficient (Wildman–Crippen LogP) is 2.64. The maximum atomic E-state index is 11.8. The fourth-order valence-electron chi connectivity index (χ4n) is 2.21. The first kappa shape index (κ1) is 14.5. The Morgan fingerprint density at radius 2 is 2.41 bits per heavy atom. The number of hydrogen-bond donors (Lipinski definition) is 1. The second-order valence-electron chi connectivity index (χ2n) is 4.82. The van der Waals surface area contributed by atoms with E-state index in [9.17, 15) is 4.79 Å². The van der Waals surface area contributed by atoms with Crippen LogP contribution in [-0.2, 0) is 4.79 Å². The third kappa shape index (κ3) is 2.94. The Hall–Kier alpha value is -2.41. The monoisotopic (exact) mass is 316 g/mol. The number of nitrogens with zero attached hydrogens (tertiary/aromatic N) is 3. The van der Waals surface area contributed by atoms with Crippen molar-refractivity contribution in [1.82, 2.24) is 4.98 Å². The smallest absolute Gasteiger partial charge is 0.265 e. The summed E-state index contributed by atoms with van der Waals surface area (Å²) >= 11 is 1.50. The van der Waals surface area contributed by atoms with E-state index in [1.807, 2.05) is 37.4 Å². The van der Waals surface area contributed by atoms with Crippen molar-refractivity contribution in [2.24, 2.45) is 5.10 Å². The van der Waals surface area contributed by atoms with E-state index in [1.54, 1.807) is 11.1 Å². The molecule has 0 bridgehead atoms. The Morgan fingerprint density at radius 1 is 1.55 bits per heavy atom. The first-order valence-electron chi connectivity index (χ1n) is 6.96. The van der Waals surface area contributed by atoms with Gasteiger partial charge in [-0.05, 0) is 37.6 Å². The molecule has 1 N–H and O–H groups in total. The molecule has 0 spiro atoms. The fourth-order valence-corrected chi connectivity index (χ4v) is 2.85. The van der Waals surface area contributed by atoms with Gasteiger partial charge in [-0.1, -0.05) is 0 Å². The summed E-state index contributed by atoms with van der Waals surface area (Å²) in [5.74, 6) is 0.697. The number of carbonyl (C=O) groups excluding carboxylic acids is 1. The molecule has 0 fully saturated rings. The zero-order valence-electron chi connectivity index (χ0n) is 12.4. The van der Waals surface area contributed by atoms with Crippen molar-refractivity contribution in [3.63, 3.8) is 0 Å². The molecule has 1 aliphatic rings. The average Bonchev–Trinajstić information content (AvgIpc) is 2.92. The lowest BCUT2D eigenvalue weighted by molar-refractivity contribution is -0.121. The molecular weight excluding hydrogens is 300 g/mol. The molecule has 3 rings (SSSR count). The van der Waals surface area contributed by atoms with Crippen LogP contribution in [0.2, 0.25) is 0 Å². The minimum Gasteiger partial charge on any atom is -0.482 e. The first-order valence-corrected chi connectivity index (χ1v) is 7.83. The molecule has 7 heteroatoms. The average molecular weight is 316 g/mol. The van der Waals surface area contributed by atoms with Crippen LogP contribution in [0.5, 0.6) is 5.75 Å². The summed E-state index contributed by atoms with van der Waals surface area (Å²) in [6, 6.07) is 5.66. The highest BCUT2D eigenvalue weighted by Gasteiger charge is 2.24. The molecule has 1 aliphatic heterocycles. The van der Waals surface area contributed by atoms with Crippen molar-refractivity contribution >= 4 is 34.3 Å². The summed E-state index contributed by atoms with van der Waals surface area (Å²) in [6.07, 6.45) is 1.70. The maximum Gasteiger partial charge on any atom is 0.265 e. The molecule has 0 saturated heterocycles. The van der Waals surface area contributed by atoms with Gasteiger partial charge in [0.25, 0.3) is 5.91 Å². The summed E-state index contributed by atoms with van der Waals surface area (Å²) in [5, 5.41) is 6.88. The standard InChI is InChI=1S/C15H16N4O2S/c1-3-19-12-6-11(4-5-13(12)21-8-14(19)20)7-16-18-15-17-10(2)9-22-15/h4-7,9H,3,8H2,1-2H3,(H,17,18). The number of hydrogen-bond acceptors (Lipinski definition) is 6. The number of aromatic nitrogens is 1. The summed E-state index contributed by atoms with van der Waals surface area (Å²) in [5.41, 5.74) is 5.53. The van der Waals surface area contributed by atoms with Gasteiger partial charge in [0.15, 0.2) is 6.61 Å². The van der Waals surface area contributed by atoms with Crippen LogP contribution in [0.25, 0.3) is 0 Å². The van der Waals surface area contributed by atoms with Crippen LogP contribution in [0.3, 0.4) is 0 Å². The van der Waals surface area contributed by atoms with Crippen LogP contribution in [-0.4, -0.2) is 30.3 Å². The van der Waals surface area contributed by atoms with Crippen molar-refractivity contribution in [3.8, 4) is 5.75 Å². The van der Waals surface area contributed by atoms with Crippen LogP contribution >= 0.6 is 11.3 Å². The SMILES string of the molecule is CCN1C(=O)COc2ccc(C=NNc3nc(C)cs3)cc21. The Bertz CT molecular complexity index is 726. The number of hydrazone groups is 1. The molecule has 0 unspecified atom stereocenters. The van der Waals surface area contributed by atoms with Crippen LogP contribution in [0.15, 0.2) is 28.7 Å². The van der Waals surface area contributed by atoms with Gasteiger partial charge >= 0.3 is 0 Å². The summed E-state index contributed by atoms with van der Waals surface area (Å²) < 4.78 is 5.44. The minimum absolute atomic E-state index is 0.0273. The number of thiazole rings is 1. The molecule has 1 amide bonds.